The summed E-state index contributed by atoms with van der Waals surface area (Å²) in [5, 5.41) is 3.59. The van der Waals surface area contributed by atoms with Crippen molar-refractivity contribution in [3.05, 3.63) is 81.1 Å². The minimum atomic E-state index is -3.42. The van der Waals surface area contributed by atoms with Crippen molar-refractivity contribution in [2.75, 3.05) is 16.3 Å². The molecule has 0 aliphatic rings. The van der Waals surface area contributed by atoms with Crippen LogP contribution in [0.1, 0.15) is 15.2 Å². The topological polar surface area (TPSA) is 75.3 Å². The third kappa shape index (κ3) is 5.23. The third-order valence-electron chi connectivity index (χ3n) is 4.84. The van der Waals surface area contributed by atoms with Crippen molar-refractivity contribution in [3.8, 4) is 11.1 Å². The molecule has 0 saturated carbocycles. The van der Waals surface area contributed by atoms with Crippen LogP contribution in [0.4, 0.5) is 20.2 Å². The van der Waals surface area contributed by atoms with Gasteiger partial charge in [-0.3, -0.25) is 9.52 Å². The molecule has 5 nitrogen and oxygen atoms in total. The normalized spacial score (nSPS) is 11.5. The number of aryl methyl sites for hydroxylation is 1. The zero-order valence-electron chi connectivity index (χ0n) is 17.4. The molecular formula is C23H17BrF2N2O3S2. The summed E-state index contributed by atoms with van der Waals surface area (Å²) in [6.07, 6.45) is 1.07. The molecule has 0 bridgehead atoms. The number of benzene rings is 3. The molecule has 170 valence electrons. The van der Waals surface area contributed by atoms with Crippen LogP contribution >= 0.6 is 27.3 Å². The SMILES string of the molecule is Cc1c(C(=O)Nc2cc(Br)cc(-c3ccc(F)cc3F)c2)sc2ccc(NS(C)(=O)=O)cc12. The van der Waals surface area contributed by atoms with E-state index < -0.39 is 21.7 Å². The fourth-order valence-corrected chi connectivity index (χ4v) is 5.58. The van der Waals surface area contributed by atoms with E-state index in [-0.39, 0.29) is 11.5 Å². The molecule has 0 radical (unpaired) electrons. The molecule has 0 fully saturated rings. The number of sulfonamides is 1. The van der Waals surface area contributed by atoms with Gasteiger partial charge in [0.1, 0.15) is 11.6 Å². The second-order valence-corrected chi connectivity index (χ2v) is 11.2. The van der Waals surface area contributed by atoms with E-state index in [1.807, 2.05) is 0 Å². The first-order valence-electron chi connectivity index (χ1n) is 9.58. The Morgan fingerprint density at radius 2 is 1.76 bits per heavy atom. The molecular weight excluding hydrogens is 534 g/mol. The number of thiophene rings is 1. The molecule has 0 saturated heterocycles. The van der Waals surface area contributed by atoms with E-state index in [1.165, 1.54) is 23.5 Å². The Kier molecular flexibility index (Phi) is 6.26. The van der Waals surface area contributed by atoms with Gasteiger partial charge in [-0.25, -0.2) is 17.2 Å². The number of nitrogens with one attached hydrogen (secondary N) is 2. The van der Waals surface area contributed by atoms with Gasteiger partial charge in [0.15, 0.2) is 0 Å². The Balaban J connectivity index is 1.66. The first kappa shape index (κ1) is 23.3. The lowest BCUT2D eigenvalue weighted by atomic mass is 10.0. The van der Waals surface area contributed by atoms with Gasteiger partial charge in [-0.1, -0.05) is 15.9 Å². The highest BCUT2D eigenvalue weighted by molar-refractivity contribution is 9.10. The average molecular weight is 551 g/mol. The monoisotopic (exact) mass is 550 g/mol. The van der Waals surface area contributed by atoms with Crippen LogP contribution in [-0.2, 0) is 10.0 Å². The molecule has 4 aromatic rings. The number of rotatable bonds is 5. The van der Waals surface area contributed by atoms with Crippen LogP contribution in [0.25, 0.3) is 21.2 Å². The largest absolute Gasteiger partial charge is 0.321 e. The molecule has 10 heteroatoms. The lowest BCUT2D eigenvalue weighted by Crippen LogP contribution is -2.11. The van der Waals surface area contributed by atoms with Crippen molar-refractivity contribution in [2.24, 2.45) is 0 Å². The average Bonchev–Trinajstić information content (AvgIpc) is 3.02. The molecule has 0 aliphatic heterocycles. The standard InChI is InChI=1S/C23H17BrF2N2O3S2/c1-12-19-11-16(28-33(2,30)31)4-6-21(19)32-22(12)23(29)27-17-8-13(7-14(24)9-17)18-5-3-15(25)10-20(18)26/h3-11,28H,1-2H3,(H,27,29). The first-order chi connectivity index (χ1) is 15.5. The Hall–Kier alpha value is -2.82. The van der Waals surface area contributed by atoms with Crippen molar-refractivity contribution in [1.29, 1.82) is 0 Å². The van der Waals surface area contributed by atoms with E-state index in [2.05, 4.69) is 26.0 Å². The molecule has 2 N–H and O–H groups in total. The lowest BCUT2D eigenvalue weighted by molar-refractivity contribution is 0.103. The summed E-state index contributed by atoms with van der Waals surface area (Å²) in [4.78, 5) is 13.5. The highest BCUT2D eigenvalue weighted by Gasteiger charge is 2.17. The summed E-state index contributed by atoms with van der Waals surface area (Å²) < 4.78 is 54.4. The van der Waals surface area contributed by atoms with Gasteiger partial charge in [-0.05, 0) is 72.0 Å². The van der Waals surface area contributed by atoms with Gasteiger partial charge < -0.3 is 5.32 Å². The molecule has 0 atom stereocenters. The number of carbonyl (C=O) groups excluding carboxylic acids is 1. The first-order valence-corrected chi connectivity index (χ1v) is 13.1. The van der Waals surface area contributed by atoms with E-state index in [4.69, 9.17) is 0 Å². The van der Waals surface area contributed by atoms with E-state index in [0.717, 1.165) is 22.4 Å². The minimum absolute atomic E-state index is 0.206. The van der Waals surface area contributed by atoms with Crippen LogP contribution in [0.5, 0.6) is 0 Å². The van der Waals surface area contributed by atoms with Crippen molar-refractivity contribution >= 4 is 64.7 Å². The number of fused-ring (bicyclic) bond motifs is 1. The lowest BCUT2D eigenvalue weighted by Gasteiger charge is -2.10. The maximum Gasteiger partial charge on any atom is 0.266 e. The second kappa shape index (κ2) is 8.85. The summed E-state index contributed by atoms with van der Waals surface area (Å²) in [7, 11) is -3.42. The summed E-state index contributed by atoms with van der Waals surface area (Å²) in [6, 6.07) is 13.4. The predicted octanol–water partition coefficient (Wildman–Crippen LogP) is 6.54. The molecule has 4 rings (SSSR count). The molecule has 1 aromatic heterocycles. The Morgan fingerprint density at radius 3 is 2.45 bits per heavy atom. The van der Waals surface area contributed by atoms with Gasteiger partial charge in [-0.15, -0.1) is 11.3 Å². The van der Waals surface area contributed by atoms with Gasteiger partial charge in [0, 0.05) is 32.2 Å². The van der Waals surface area contributed by atoms with Crippen LogP contribution in [0.15, 0.2) is 59.1 Å². The molecule has 1 heterocycles. The van der Waals surface area contributed by atoms with Gasteiger partial charge >= 0.3 is 0 Å². The minimum Gasteiger partial charge on any atom is -0.321 e. The zero-order chi connectivity index (χ0) is 23.9. The fourth-order valence-electron chi connectivity index (χ4n) is 3.44. The molecule has 0 unspecified atom stereocenters. The number of hydrogen-bond acceptors (Lipinski definition) is 4. The maximum absolute atomic E-state index is 14.2. The zero-order valence-corrected chi connectivity index (χ0v) is 20.6. The molecule has 3 aromatic carbocycles. The molecule has 1 amide bonds. The van der Waals surface area contributed by atoms with Crippen LogP contribution in [0, 0.1) is 18.6 Å². The van der Waals surface area contributed by atoms with Crippen LogP contribution in [0.2, 0.25) is 0 Å². The Bertz CT molecular complexity index is 1520. The Labute approximate surface area is 201 Å². The van der Waals surface area contributed by atoms with Gasteiger partial charge in [0.05, 0.1) is 11.1 Å². The number of carbonyl (C=O) groups is 1. The van der Waals surface area contributed by atoms with E-state index in [0.29, 0.717) is 31.9 Å². The number of amides is 1. The number of hydrogen-bond donors (Lipinski definition) is 2. The van der Waals surface area contributed by atoms with Gasteiger partial charge in [0.2, 0.25) is 10.0 Å². The second-order valence-electron chi connectivity index (χ2n) is 7.45. The van der Waals surface area contributed by atoms with Crippen molar-refractivity contribution in [2.45, 2.75) is 6.92 Å². The smallest absolute Gasteiger partial charge is 0.266 e. The van der Waals surface area contributed by atoms with E-state index in [9.17, 15) is 22.0 Å². The quantitative estimate of drug-likeness (QED) is 0.296. The van der Waals surface area contributed by atoms with Crippen LogP contribution < -0.4 is 10.0 Å². The van der Waals surface area contributed by atoms with E-state index >= 15 is 0 Å². The molecule has 0 aliphatic carbocycles. The third-order valence-corrected chi connectivity index (χ3v) is 7.18. The molecule has 33 heavy (non-hydrogen) atoms. The fraction of sp³-hybridized carbons (Fsp3) is 0.0870. The van der Waals surface area contributed by atoms with Crippen molar-refractivity contribution in [3.63, 3.8) is 0 Å². The van der Waals surface area contributed by atoms with Gasteiger partial charge in [-0.2, -0.15) is 0 Å². The molecule has 0 spiro atoms. The van der Waals surface area contributed by atoms with Crippen molar-refractivity contribution < 1.29 is 22.0 Å². The Morgan fingerprint density at radius 1 is 1.00 bits per heavy atom. The van der Waals surface area contributed by atoms with Crippen LogP contribution in [0.3, 0.4) is 0 Å². The van der Waals surface area contributed by atoms with Crippen LogP contribution in [-0.4, -0.2) is 20.6 Å². The number of halogens is 3. The van der Waals surface area contributed by atoms with Gasteiger partial charge in [0.25, 0.3) is 5.91 Å². The van der Waals surface area contributed by atoms with E-state index in [1.54, 1.807) is 43.3 Å². The summed E-state index contributed by atoms with van der Waals surface area (Å²) >= 11 is 4.65. The number of anilines is 2. The highest BCUT2D eigenvalue weighted by atomic mass is 79.9. The summed E-state index contributed by atoms with van der Waals surface area (Å²) in [6.45, 7) is 1.79. The summed E-state index contributed by atoms with van der Waals surface area (Å²) in [5.41, 5.74) is 2.24. The van der Waals surface area contributed by atoms with Crippen molar-refractivity contribution in [1.82, 2.24) is 0 Å². The highest BCUT2D eigenvalue weighted by Crippen LogP contribution is 2.34. The summed E-state index contributed by atoms with van der Waals surface area (Å²) in [5.74, 6) is -1.73. The maximum atomic E-state index is 14.2. The predicted molar refractivity (Wildman–Crippen MR) is 132 cm³/mol.